The van der Waals surface area contributed by atoms with Gasteiger partial charge in [0.05, 0.1) is 21.1 Å². The van der Waals surface area contributed by atoms with E-state index in [1.165, 1.54) is 0 Å². The molecule has 1 unspecified atom stereocenters. The van der Waals surface area contributed by atoms with Gasteiger partial charge in [-0.1, -0.05) is 51.5 Å². The number of hydrogen-bond acceptors (Lipinski definition) is 1. The molecule has 0 saturated carbocycles. The topological polar surface area (TPSA) is 20.2 Å². The predicted octanol–water partition coefficient (Wildman–Crippen LogP) is 4.28. The van der Waals surface area contributed by atoms with Crippen LogP contribution in [0.2, 0.25) is 0 Å². The zero-order valence-corrected chi connectivity index (χ0v) is 6.89. The van der Waals surface area contributed by atoms with Crippen molar-refractivity contribution >= 4 is 0 Å². The molecule has 0 aromatic carbocycles. The lowest BCUT2D eigenvalue weighted by Crippen LogP contribution is -2.41. The standard InChI is InChI=1S/C7H18NO.6CH4/c1-5-7(9)6-8(2,3)4;;;;;;/h7,9H,5-6H2,1-4H3;6*1H4/q+1;;;;;;. The number of nitrogens with zero attached hydrogens (tertiary/aromatic N) is 1. The summed E-state index contributed by atoms with van der Waals surface area (Å²) in [5.74, 6) is 0. The van der Waals surface area contributed by atoms with E-state index in [0.717, 1.165) is 17.4 Å². The SMILES string of the molecule is C.C.C.C.C.C.CCC(O)C[N+](C)(C)C. The third-order valence-electron chi connectivity index (χ3n) is 1.23. The molecule has 0 saturated heterocycles. The predicted molar refractivity (Wildman–Crippen MR) is 79.6 cm³/mol. The summed E-state index contributed by atoms with van der Waals surface area (Å²) in [6, 6.07) is 0. The molecule has 0 radical (unpaired) electrons. The van der Waals surface area contributed by atoms with Crippen molar-refractivity contribution in [1.29, 1.82) is 0 Å². The second kappa shape index (κ2) is 19.5. The molecule has 0 aromatic rings. The van der Waals surface area contributed by atoms with Crippen LogP contribution in [-0.4, -0.2) is 43.4 Å². The fraction of sp³-hybridized carbons (Fsp3) is 1.00. The highest BCUT2D eigenvalue weighted by Crippen LogP contribution is 1.97. The largest absolute Gasteiger partial charge is 0.387 e. The molecule has 0 fully saturated rings. The Bertz CT molecular complexity index is 77.1. The third-order valence-corrected chi connectivity index (χ3v) is 1.23. The summed E-state index contributed by atoms with van der Waals surface area (Å²) in [6.45, 7) is 2.84. The Balaban J connectivity index is -0.0000000213. The van der Waals surface area contributed by atoms with E-state index in [0.29, 0.717) is 0 Å². The van der Waals surface area contributed by atoms with Crippen LogP contribution in [0, 0.1) is 0 Å². The van der Waals surface area contributed by atoms with Gasteiger partial charge in [-0.25, -0.2) is 0 Å². The van der Waals surface area contributed by atoms with E-state index in [1.54, 1.807) is 0 Å². The number of likely N-dealkylation sites (N-methyl/N-ethyl adjacent to an activating group) is 1. The molecule has 0 bridgehead atoms. The van der Waals surface area contributed by atoms with Gasteiger partial charge < -0.3 is 9.59 Å². The average Bonchev–Trinajstić information content (AvgIpc) is 1.62. The lowest BCUT2D eigenvalue weighted by molar-refractivity contribution is -0.873. The molecule has 1 N–H and O–H groups in total. The summed E-state index contributed by atoms with van der Waals surface area (Å²) in [6.07, 6.45) is 0.722. The highest BCUT2D eigenvalue weighted by atomic mass is 16.3. The maximum Gasteiger partial charge on any atom is 0.104 e. The Kier molecular flexibility index (Phi) is 59.9. The van der Waals surface area contributed by atoms with Crippen molar-refractivity contribution in [3.8, 4) is 0 Å². The number of quaternary nitrogens is 1. The maximum absolute atomic E-state index is 9.18. The van der Waals surface area contributed by atoms with Crippen molar-refractivity contribution in [2.75, 3.05) is 27.7 Å². The Morgan fingerprint density at radius 3 is 1.20 bits per heavy atom. The van der Waals surface area contributed by atoms with Crippen LogP contribution in [0.5, 0.6) is 0 Å². The van der Waals surface area contributed by atoms with E-state index < -0.39 is 0 Å². The minimum atomic E-state index is -0.134. The highest BCUT2D eigenvalue weighted by Gasteiger charge is 2.12. The van der Waals surface area contributed by atoms with Crippen molar-refractivity contribution in [2.45, 2.75) is 64.0 Å². The fourth-order valence-electron chi connectivity index (χ4n) is 0.761. The number of aliphatic hydroxyl groups excluding tert-OH is 1. The summed E-state index contributed by atoms with van der Waals surface area (Å²) < 4.78 is 0.842. The maximum atomic E-state index is 9.18. The van der Waals surface area contributed by atoms with Crippen LogP contribution >= 0.6 is 0 Å². The molecular weight excluding hydrogens is 186 g/mol. The normalized spacial score (nSPS) is 9.40. The molecule has 2 nitrogen and oxygen atoms in total. The zero-order valence-electron chi connectivity index (χ0n) is 6.89. The van der Waals surface area contributed by atoms with Gasteiger partial charge in [-0.05, 0) is 6.42 Å². The van der Waals surface area contributed by atoms with E-state index in [1.807, 2.05) is 6.92 Å². The van der Waals surface area contributed by atoms with Gasteiger partial charge in [-0.15, -0.1) is 0 Å². The molecule has 1 atom stereocenters. The van der Waals surface area contributed by atoms with Gasteiger partial charge in [0.15, 0.2) is 0 Å². The van der Waals surface area contributed by atoms with Gasteiger partial charge in [0.25, 0.3) is 0 Å². The summed E-state index contributed by atoms with van der Waals surface area (Å²) >= 11 is 0. The molecule has 2 heteroatoms. The summed E-state index contributed by atoms with van der Waals surface area (Å²) in [5.41, 5.74) is 0. The van der Waals surface area contributed by atoms with Crippen molar-refractivity contribution < 1.29 is 9.59 Å². The van der Waals surface area contributed by atoms with Crippen molar-refractivity contribution in [3.05, 3.63) is 0 Å². The first-order chi connectivity index (χ1) is 3.95. The Labute approximate surface area is 102 Å². The van der Waals surface area contributed by atoms with Crippen LogP contribution in [0.4, 0.5) is 0 Å². The molecule has 0 rings (SSSR count). The molecular formula is C13H42NO+. The van der Waals surface area contributed by atoms with E-state index in [-0.39, 0.29) is 50.7 Å². The van der Waals surface area contributed by atoms with Gasteiger partial charge in [0, 0.05) is 0 Å². The third kappa shape index (κ3) is 41.3. The van der Waals surface area contributed by atoms with Gasteiger partial charge in [0.2, 0.25) is 0 Å². The van der Waals surface area contributed by atoms with E-state index >= 15 is 0 Å². The van der Waals surface area contributed by atoms with Gasteiger partial charge in [0.1, 0.15) is 12.6 Å². The van der Waals surface area contributed by atoms with Gasteiger partial charge in [-0.2, -0.15) is 0 Å². The van der Waals surface area contributed by atoms with E-state index in [9.17, 15) is 5.11 Å². The molecule has 15 heavy (non-hydrogen) atoms. The first-order valence-electron chi connectivity index (χ1n) is 3.44. The number of aliphatic hydroxyl groups is 1. The molecule has 0 aliphatic carbocycles. The molecule has 0 amide bonds. The highest BCUT2D eigenvalue weighted by molar-refractivity contribution is 4.47. The summed E-state index contributed by atoms with van der Waals surface area (Å²) in [5, 5.41) is 9.18. The molecule has 0 aliphatic heterocycles. The van der Waals surface area contributed by atoms with Crippen molar-refractivity contribution in [2.24, 2.45) is 0 Å². The van der Waals surface area contributed by atoms with E-state index in [4.69, 9.17) is 0 Å². The lowest BCUT2D eigenvalue weighted by Gasteiger charge is -2.26. The Hall–Kier alpha value is -0.0800. The van der Waals surface area contributed by atoms with Gasteiger partial charge >= 0.3 is 0 Å². The monoisotopic (exact) mass is 228 g/mol. The Morgan fingerprint density at radius 2 is 1.13 bits per heavy atom. The first-order valence-corrected chi connectivity index (χ1v) is 3.44. The molecule has 0 aromatic heterocycles. The zero-order chi connectivity index (χ0) is 7.49. The van der Waals surface area contributed by atoms with Crippen molar-refractivity contribution in [1.82, 2.24) is 0 Å². The van der Waals surface area contributed by atoms with Crippen LogP contribution in [0.15, 0.2) is 0 Å². The number of rotatable bonds is 3. The fourth-order valence-corrected chi connectivity index (χ4v) is 0.761. The lowest BCUT2D eigenvalue weighted by atomic mass is 10.2. The Morgan fingerprint density at radius 1 is 0.867 bits per heavy atom. The first kappa shape index (κ1) is 46.1. The van der Waals surface area contributed by atoms with Gasteiger partial charge in [-0.3, -0.25) is 0 Å². The molecule has 104 valence electrons. The second-order valence-corrected chi connectivity index (χ2v) is 3.53. The minimum Gasteiger partial charge on any atom is -0.387 e. The smallest absolute Gasteiger partial charge is 0.104 e. The molecule has 0 heterocycles. The summed E-state index contributed by atoms with van der Waals surface area (Å²) in [7, 11) is 6.25. The average molecular weight is 228 g/mol. The summed E-state index contributed by atoms with van der Waals surface area (Å²) in [4.78, 5) is 0. The molecule has 0 spiro atoms. The minimum absolute atomic E-state index is 0. The number of hydrogen-bond donors (Lipinski definition) is 1. The van der Waals surface area contributed by atoms with Crippen LogP contribution < -0.4 is 0 Å². The van der Waals surface area contributed by atoms with E-state index in [2.05, 4.69) is 21.1 Å². The van der Waals surface area contributed by atoms with Crippen LogP contribution in [-0.2, 0) is 0 Å². The second-order valence-electron chi connectivity index (χ2n) is 3.53. The quantitative estimate of drug-likeness (QED) is 0.715. The van der Waals surface area contributed by atoms with Crippen LogP contribution in [0.25, 0.3) is 0 Å². The molecule has 0 aliphatic rings. The van der Waals surface area contributed by atoms with Crippen LogP contribution in [0.3, 0.4) is 0 Å². The van der Waals surface area contributed by atoms with Crippen LogP contribution in [0.1, 0.15) is 57.9 Å². The van der Waals surface area contributed by atoms with Crippen molar-refractivity contribution in [3.63, 3.8) is 0 Å².